The van der Waals surface area contributed by atoms with Crippen LogP contribution in [0.15, 0.2) is 54.2 Å². The minimum absolute atomic E-state index is 0.121. The number of methoxy groups -OCH3 is 2. The zero-order valence-electron chi connectivity index (χ0n) is 23.4. The number of fused-ring (bicyclic) bond motifs is 1. The van der Waals surface area contributed by atoms with Gasteiger partial charge in [-0.2, -0.15) is 0 Å². The van der Waals surface area contributed by atoms with Crippen molar-refractivity contribution in [1.82, 2.24) is 14.8 Å². The van der Waals surface area contributed by atoms with Crippen molar-refractivity contribution < 1.29 is 23.4 Å². The molecule has 2 aromatic carbocycles. The topological polar surface area (TPSA) is 65.0 Å². The molecule has 4 rings (SSSR count). The summed E-state index contributed by atoms with van der Waals surface area (Å²) in [6.07, 6.45) is 4.10. The number of likely N-dealkylation sites (N-methyl/N-ethyl adjacent to an activating group) is 1. The summed E-state index contributed by atoms with van der Waals surface area (Å²) in [5.41, 5.74) is 6.10. The first-order valence-corrected chi connectivity index (χ1v) is 12.8. The maximum absolute atomic E-state index is 14.3. The molecule has 0 bridgehead atoms. The minimum atomic E-state index is -0.341. The Morgan fingerprint density at radius 3 is 2.41 bits per heavy atom. The predicted octanol–water partition coefficient (Wildman–Crippen LogP) is 5.16. The maximum atomic E-state index is 14.3. The van der Waals surface area contributed by atoms with E-state index in [1.165, 1.54) is 12.1 Å². The summed E-state index contributed by atoms with van der Waals surface area (Å²) in [4.78, 5) is 15.0. The number of hydrogen-bond donors (Lipinski definition) is 1. The van der Waals surface area contributed by atoms with Gasteiger partial charge < -0.3 is 29.0 Å². The fraction of sp³-hybridized carbons (Fsp3) is 0.323. The number of aromatic nitrogens is 1. The molecule has 3 aromatic rings. The van der Waals surface area contributed by atoms with Gasteiger partial charge in [-0.1, -0.05) is 6.07 Å². The number of halogens is 1. The number of benzene rings is 2. The number of amides is 1. The predicted molar refractivity (Wildman–Crippen MR) is 152 cm³/mol. The minimum Gasteiger partial charge on any atom is -0.493 e. The first-order chi connectivity index (χ1) is 18.7. The van der Waals surface area contributed by atoms with Crippen LogP contribution in [0.5, 0.6) is 17.2 Å². The molecule has 1 aliphatic rings. The lowest BCUT2D eigenvalue weighted by Gasteiger charge is -2.17. The van der Waals surface area contributed by atoms with Gasteiger partial charge in [-0.15, -0.1) is 0 Å². The summed E-state index contributed by atoms with van der Waals surface area (Å²) in [5.74, 6) is 1.19. The van der Waals surface area contributed by atoms with Gasteiger partial charge in [-0.05, 0) is 96.9 Å². The fourth-order valence-corrected chi connectivity index (χ4v) is 4.70. The van der Waals surface area contributed by atoms with E-state index in [0.717, 1.165) is 45.6 Å². The molecular formula is C31H36FN3O4. The standard InChI is InChI=1S/C31H36FN3O4/c1-20-25(14-21-15-28(37-5)31(29(16-21)38-6)39-13-12-34(2)3)24-10-9-22(32)17-27(24)26(20)18-30(36)33-19-23-8-7-11-35(23)4/h7-11,14-17H,12-13,18-19H2,1-6H3,(H,33,36). The van der Waals surface area contributed by atoms with E-state index < -0.39 is 0 Å². The Kier molecular flexibility index (Phi) is 8.76. The lowest BCUT2D eigenvalue weighted by Crippen LogP contribution is -2.23. The molecule has 0 spiro atoms. The Bertz CT molecular complexity index is 1400. The number of nitrogens with one attached hydrogen (secondary N) is 1. The van der Waals surface area contributed by atoms with Gasteiger partial charge in [0.05, 0.1) is 27.2 Å². The van der Waals surface area contributed by atoms with Crippen LogP contribution in [0.3, 0.4) is 0 Å². The summed E-state index contributed by atoms with van der Waals surface area (Å²) in [6, 6.07) is 12.4. The number of rotatable bonds is 11. The molecule has 1 N–H and O–H groups in total. The molecule has 1 heterocycles. The SMILES string of the molecule is COc1cc(C=C2C(C)=C(CC(=O)NCc3cccn3C)c3cc(F)ccc32)cc(OC)c1OCCN(C)C. The van der Waals surface area contributed by atoms with E-state index in [4.69, 9.17) is 14.2 Å². The molecule has 1 amide bonds. The zero-order valence-corrected chi connectivity index (χ0v) is 23.4. The summed E-state index contributed by atoms with van der Waals surface area (Å²) in [7, 11) is 9.09. The number of carbonyl (C=O) groups is 1. The van der Waals surface area contributed by atoms with Gasteiger partial charge in [-0.25, -0.2) is 4.39 Å². The molecular weight excluding hydrogens is 497 g/mol. The summed E-state index contributed by atoms with van der Waals surface area (Å²) < 4.78 is 33.6. The van der Waals surface area contributed by atoms with E-state index in [2.05, 4.69) is 5.32 Å². The molecule has 0 fully saturated rings. The first kappa shape index (κ1) is 28.0. The second kappa shape index (κ2) is 12.2. The lowest BCUT2D eigenvalue weighted by atomic mass is 10.00. The third-order valence-electron chi connectivity index (χ3n) is 6.89. The van der Waals surface area contributed by atoms with E-state index in [-0.39, 0.29) is 18.1 Å². The number of hydrogen-bond acceptors (Lipinski definition) is 5. The van der Waals surface area contributed by atoms with E-state index in [1.807, 2.05) is 74.1 Å². The third-order valence-corrected chi connectivity index (χ3v) is 6.89. The summed E-state index contributed by atoms with van der Waals surface area (Å²) in [6.45, 7) is 3.63. The van der Waals surface area contributed by atoms with Crippen molar-refractivity contribution in [3.05, 3.63) is 82.4 Å². The van der Waals surface area contributed by atoms with E-state index in [9.17, 15) is 9.18 Å². The van der Waals surface area contributed by atoms with Gasteiger partial charge in [0.15, 0.2) is 11.5 Å². The van der Waals surface area contributed by atoms with Crippen molar-refractivity contribution >= 4 is 23.1 Å². The highest BCUT2D eigenvalue weighted by molar-refractivity contribution is 6.08. The number of allylic oxidation sites excluding steroid dienone is 2. The molecule has 1 aromatic heterocycles. The molecule has 0 saturated carbocycles. The Labute approximate surface area is 229 Å². The molecule has 8 heteroatoms. The quantitative estimate of drug-likeness (QED) is 0.369. The Morgan fingerprint density at radius 1 is 1.08 bits per heavy atom. The van der Waals surface area contributed by atoms with Gasteiger partial charge in [-0.3, -0.25) is 4.79 Å². The smallest absolute Gasteiger partial charge is 0.224 e. The van der Waals surface area contributed by atoms with Gasteiger partial charge in [0.1, 0.15) is 12.4 Å². The highest BCUT2D eigenvalue weighted by atomic mass is 19.1. The van der Waals surface area contributed by atoms with Crippen LogP contribution in [0, 0.1) is 5.82 Å². The molecule has 206 valence electrons. The highest BCUT2D eigenvalue weighted by Gasteiger charge is 2.26. The van der Waals surface area contributed by atoms with Crippen molar-refractivity contribution in [3.63, 3.8) is 0 Å². The fourth-order valence-electron chi connectivity index (χ4n) is 4.70. The number of aryl methyl sites for hydroxylation is 1. The van der Waals surface area contributed by atoms with Crippen LogP contribution in [0.2, 0.25) is 0 Å². The van der Waals surface area contributed by atoms with E-state index >= 15 is 0 Å². The first-order valence-electron chi connectivity index (χ1n) is 12.8. The number of carbonyl (C=O) groups excluding carboxylic acids is 1. The molecule has 39 heavy (non-hydrogen) atoms. The van der Waals surface area contributed by atoms with Crippen LogP contribution in [0.4, 0.5) is 4.39 Å². The number of nitrogens with zero attached hydrogens (tertiary/aromatic N) is 2. The summed E-state index contributed by atoms with van der Waals surface area (Å²) in [5, 5.41) is 2.99. The van der Waals surface area contributed by atoms with Crippen LogP contribution < -0.4 is 19.5 Å². The van der Waals surface area contributed by atoms with Crippen LogP contribution in [-0.2, 0) is 18.4 Å². The molecule has 7 nitrogen and oxygen atoms in total. The maximum Gasteiger partial charge on any atom is 0.224 e. The van der Waals surface area contributed by atoms with Crippen molar-refractivity contribution in [2.45, 2.75) is 19.9 Å². The van der Waals surface area contributed by atoms with Gasteiger partial charge >= 0.3 is 0 Å². The second-order valence-corrected chi connectivity index (χ2v) is 9.82. The Morgan fingerprint density at radius 2 is 1.79 bits per heavy atom. The third kappa shape index (κ3) is 6.34. The van der Waals surface area contributed by atoms with Gasteiger partial charge in [0, 0.05) is 25.5 Å². The highest BCUT2D eigenvalue weighted by Crippen LogP contribution is 2.45. The van der Waals surface area contributed by atoms with E-state index in [0.29, 0.717) is 30.4 Å². The van der Waals surface area contributed by atoms with Crippen LogP contribution >= 0.6 is 0 Å². The Balaban J connectivity index is 1.66. The second-order valence-electron chi connectivity index (χ2n) is 9.82. The lowest BCUT2D eigenvalue weighted by molar-refractivity contribution is -0.120. The van der Waals surface area contributed by atoms with Gasteiger partial charge in [0.25, 0.3) is 0 Å². The van der Waals surface area contributed by atoms with Crippen molar-refractivity contribution in [1.29, 1.82) is 0 Å². The number of ether oxygens (including phenoxy) is 3. The zero-order chi connectivity index (χ0) is 28.1. The molecule has 0 radical (unpaired) electrons. The molecule has 1 aliphatic carbocycles. The van der Waals surface area contributed by atoms with Crippen molar-refractivity contribution in [2.24, 2.45) is 7.05 Å². The molecule has 0 saturated heterocycles. The molecule has 0 unspecified atom stereocenters. The normalized spacial score (nSPS) is 13.7. The van der Waals surface area contributed by atoms with E-state index in [1.54, 1.807) is 20.3 Å². The van der Waals surface area contributed by atoms with Crippen LogP contribution in [-0.4, -0.2) is 56.8 Å². The average molecular weight is 534 g/mol. The summed E-state index contributed by atoms with van der Waals surface area (Å²) >= 11 is 0. The molecule has 0 aliphatic heterocycles. The largest absolute Gasteiger partial charge is 0.493 e. The molecule has 0 atom stereocenters. The Hall–Kier alpha value is -4.04. The van der Waals surface area contributed by atoms with Crippen LogP contribution in [0.25, 0.3) is 17.2 Å². The monoisotopic (exact) mass is 533 g/mol. The van der Waals surface area contributed by atoms with Gasteiger partial charge in [0.2, 0.25) is 11.7 Å². The van der Waals surface area contributed by atoms with Crippen molar-refractivity contribution in [2.75, 3.05) is 41.5 Å². The van der Waals surface area contributed by atoms with Crippen LogP contribution in [0.1, 0.15) is 35.7 Å². The van der Waals surface area contributed by atoms with Crippen molar-refractivity contribution in [3.8, 4) is 17.2 Å². The average Bonchev–Trinajstić information content (AvgIpc) is 3.43.